The number of carbonyl (C=O) groups excluding carboxylic acids is 1. The van der Waals surface area contributed by atoms with Gasteiger partial charge in [-0.25, -0.2) is 4.79 Å². The molecule has 0 radical (unpaired) electrons. The van der Waals surface area contributed by atoms with E-state index in [1.165, 1.54) is 6.08 Å². The molecule has 4 heteroatoms. The second kappa shape index (κ2) is 4.99. The lowest BCUT2D eigenvalue weighted by Crippen LogP contribution is -2.23. The Hall–Kier alpha value is -0.870. The van der Waals surface area contributed by atoms with Crippen molar-refractivity contribution in [3.63, 3.8) is 0 Å². The van der Waals surface area contributed by atoms with Gasteiger partial charge in [-0.3, -0.25) is 0 Å². The van der Waals surface area contributed by atoms with Crippen LogP contribution in [-0.2, 0) is 9.53 Å². The number of esters is 1. The highest BCUT2D eigenvalue weighted by Gasteiger charge is 2.13. The van der Waals surface area contributed by atoms with Crippen molar-refractivity contribution in [1.29, 1.82) is 0 Å². The smallest absolute Gasteiger partial charge is 0.331 e. The van der Waals surface area contributed by atoms with E-state index in [-0.39, 0.29) is 0 Å². The van der Waals surface area contributed by atoms with Crippen LogP contribution in [0.3, 0.4) is 0 Å². The average molecular weight is 188 g/mol. The monoisotopic (exact) mass is 188 g/mol. The third kappa shape index (κ3) is 7.49. The van der Waals surface area contributed by atoms with E-state index >= 15 is 0 Å². The number of aliphatic hydroxyl groups excluding tert-OH is 2. The van der Waals surface area contributed by atoms with Gasteiger partial charge >= 0.3 is 5.97 Å². The number of ether oxygens (including phenoxy) is 1. The van der Waals surface area contributed by atoms with Gasteiger partial charge in [0, 0.05) is 6.08 Å². The van der Waals surface area contributed by atoms with Crippen molar-refractivity contribution in [3.8, 4) is 0 Å². The van der Waals surface area contributed by atoms with Gasteiger partial charge < -0.3 is 14.9 Å². The Morgan fingerprint density at radius 1 is 1.54 bits per heavy atom. The van der Waals surface area contributed by atoms with Crippen LogP contribution in [0.2, 0.25) is 0 Å². The standard InChI is InChI=1S/C9H16O4/c1-9(2,3)13-8(12)5-4-7(11)6-10/h4-5,7,10-11H,6H2,1-3H3/b5-4+/t7-/m1/s1. The molecule has 0 saturated carbocycles. The molecule has 0 amide bonds. The largest absolute Gasteiger partial charge is 0.457 e. The minimum atomic E-state index is -1.01. The molecule has 0 aromatic carbocycles. The van der Waals surface area contributed by atoms with Crippen molar-refractivity contribution >= 4 is 5.97 Å². The van der Waals surface area contributed by atoms with Gasteiger partial charge in [0.15, 0.2) is 0 Å². The van der Waals surface area contributed by atoms with Crippen molar-refractivity contribution in [3.05, 3.63) is 12.2 Å². The number of hydrogen-bond donors (Lipinski definition) is 2. The Morgan fingerprint density at radius 2 is 2.08 bits per heavy atom. The molecule has 0 fully saturated rings. The van der Waals surface area contributed by atoms with E-state index in [0.29, 0.717) is 0 Å². The average Bonchev–Trinajstić information content (AvgIpc) is 1.97. The first kappa shape index (κ1) is 12.1. The Balaban J connectivity index is 3.95. The summed E-state index contributed by atoms with van der Waals surface area (Å²) in [6.45, 7) is 4.85. The predicted octanol–water partition coefficient (Wildman–Crippen LogP) is 0.237. The summed E-state index contributed by atoms with van der Waals surface area (Å²) in [6, 6.07) is 0. The zero-order valence-electron chi connectivity index (χ0n) is 8.15. The highest BCUT2D eigenvalue weighted by Crippen LogP contribution is 2.07. The molecule has 2 N–H and O–H groups in total. The third-order valence-corrected chi connectivity index (χ3v) is 1.05. The van der Waals surface area contributed by atoms with Crippen molar-refractivity contribution in [2.24, 2.45) is 0 Å². The quantitative estimate of drug-likeness (QED) is 0.491. The lowest BCUT2D eigenvalue weighted by Gasteiger charge is -2.18. The van der Waals surface area contributed by atoms with E-state index < -0.39 is 24.3 Å². The summed E-state index contributed by atoms with van der Waals surface area (Å²) in [4.78, 5) is 11.0. The van der Waals surface area contributed by atoms with Crippen molar-refractivity contribution in [1.82, 2.24) is 0 Å². The molecule has 0 bridgehead atoms. The summed E-state index contributed by atoms with van der Waals surface area (Å²) in [6.07, 6.45) is 1.28. The topological polar surface area (TPSA) is 66.8 Å². The Labute approximate surface area is 77.8 Å². The molecule has 0 aromatic heterocycles. The third-order valence-electron chi connectivity index (χ3n) is 1.05. The summed E-state index contributed by atoms with van der Waals surface area (Å²) in [5.41, 5.74) is -0.536. The molecule has 0 aromatic rings. The molecule has 0 rings (SSSR count). The predicted molar refractivity (Wildman–Crippen MR) is 48.1 cm³/mol. The Bertz CT molecular complexity index is 190. The van der Waals surface area contributed by atoms with Gasteiger partial charge in [0.1, 0.15) is 5.60 Å². The van der Waals surface area contributed by atoms with E-state index in [9.17, 15) is 4.79 Å². The Kier molecular flexibility index (Phi) is 4.66. The normalized spacial score (nSPS) is 14.5. The van der Waals surface area contributed by atoms with Gasteiger partial charge in [0.2, 0.25) is 0 Å². The van der Waals surface area contributed by atoms with Crippen LogP contribution >= 0.6 is 0 Å². The summed E-state index contributed by atoms with van der Waals surface area (Å²) in [5, 5.41) is 17.3. The highest BCUT2D eigenvalue weighted by molar-refractivity contribution is 5.82. The first-order valence-corrected chi connectivity index (χ1v) is 4.05. The van der Waals surface area contributed by atoms with Crippen LogP contribution in [0.4, 0.5) is 0 Å². The van der Waals surface area contributed by atoms with Crippen LogP contribution < -0.4 is 0 Å². The first-order valence-electron chi connectivity index (χ1n) is 4.05. The lowest BCUT2D eigenvalue weighted by molar-refractivity contribution is -0.148. The number of aliphatic hydroxyl groups is 2. The maximum atomic E-state index is 11.0. The van der Waals surface area contributed by atoms with Crippen LogP contribution in [0, 0.1) is 0 Å². The summed E-state index contributed by atoms with van der Waals surface area (Å²) < 4.78 is 4.91. The van der Waals surface area contributed by atoms with Crippen molar-refractivity contribution in [2.75, 3.05) is 6.61 Å². The zero-order valence-corrected chi connectivity index (χ0v) is 8.15. The molecule has 4 nitrogen and oxygen atoms in total. The second-order valence-electron chi connectivity index (χ2n) is 3.64. The lowest BCUT2D eigenvalue weighted by atomic mass is 10.2. The molecular weight excluding hydrogens is 172 g/mol. The fraction of sp³-hybridized carbons (Fsp3) is 0.667. The van der Waals surface area contributed by atoms with Gasteiger partial charge in [-0.2, -0.15) is 0 Å². The van der Waals surface area contributed by atoms with Gasteiger partial charge in [0.05, 0.1) is 12.7 Å². The molecule has 13 heavy (non-hydrogen) atoms. The maximum absolute atomic E-state index is 11.0. The Morgan fingerprint density at radius 3 is 2.46 bits per heavy atom. The van der Waals surface area contributed by atoms with E-state index in [4.69, 9.17) is 14.9 Å². The van der Waals surface area contributed by atoms with Gasteiger partial charge in [-0.15, -0.1) is 0 Å². The molecule has 0 spiro atoms. The van der Waals surface area contributed by atoms with Crippen LogP contribution in [0.25, 0.3) is 0 Å². The van der Waals surface area contributed by atoms with Gasteiger partial charge in [0.25, 0.3) is 0 Å². The fourth-order valence-electron chi connectivity index (χ4n) is 0.586. The fourth-order valence-corrected chi connectivity index (χ4v) is 0.586. The molecule has 0 saturated heterocycles. The highest BCUT2D eigenvalue weighted by atomic mass is 16.6. The molecule has 0 aliphatic carbocycles. The summed E-state index contributed by atoms with van der Waals surface area (Å²) in [5.74, 6) is -0.528. The van der Waals surface area contributed by atoms with Crippen LogP contribution in [-0.4, -0.2) is 34.5 Å². The number of rotatable bonds is 3. The molecular formula is C9H16O4. The molecule has 1 atom stereocenters. The molecule has 0 aliphatic rings. The molecule has 76 valence electrons. The summed E-state index contributed by atoms with van der Waals surface area (Å²) in [7, 11) is 0. The number of carbonyl (C=O) groups is 1. The number of hydrogen-bond acceptors (Lipinski definition) is 4. The van der Waals surface area contributed by atoms with E-state index in [1.807, 2.05) is 0 Å². The van der Waals surface area contributed by atoms with Crippen molar-refractivity contribution < 1.29 is 19.7 Å². The summed E-state index contributed by atoms with van der Waals surface area (Å²) >= 11 is 0. The van der Waals surface area contributed by atoms with Crippen LogP contribution in [0.1, 0.15) is 20.8 Å². The van der Waals surface area contributed by atoms with Crippen molar-refractivity contribution in [2.45, 2.75) is 32.5 Å². The van der Waals surface area contributed by atoms with Gasteiger partial charge in [-0.1, -0.05) is 0 Å². The van der Waals surface area contributed by atoms with Gasteiger partial charge in [-0.05, 0) is 26.8 Å². The van der Waals surface area contributed by atoms with E-state index in [1.54, 1.807) is 20.8 Å². The minimum Gasteiger partial charge on any atom is -0.457 e. The van der Waals surface area contributed by atoms with Crippen LogP contribution in [0.15, 0.2) is 12.2 Å². The minimum absolute atomic E-state index is 0.403. The first-order chi connectivity index (χ1) is 5.85. The van der Waals surface area contributed by atoms with E-state index in [0.717, 1.165) is 6.08 Å². The molecule has 0 unspecified atom stereocenters. The van der Waals surface area contributed by atoms with Crippen LogP contribution in [0.5, 0.6) is 0 Å². The molecule has 0 heterocycles. The maximum Gasteiger partial charge on any atom is 0.331 e. The second-order valence-corrected chi connectivity index (χ2v) is 3.64. The molecule has 0 aliphatic heterocycles. The zero-order chi connectivity index (χ0) is 10.5. The SMILES string of the molecule is CC(C)(C)OC(=O)/C=C/[C@@H](O)CO. The van der Waals surface area contributed by atoms with E-state index in [2.05, 4.69) is 0 Å².